The Hall–Kier alpha value is -3.01. The van der Waals surface area contributed by atoms with E-state index in [2.05, 4.69) is 0 Å². The second-order valence-electron chi connectivity index (χ2n) is 6.79. The van der Waals surface area contributed by atoms with Crippen LogP contribution in [0.1, 0.15) is 35.1 Å². The molecule has 0 aliphatic heterocycles. The van der Waals surface area contributed by atoms with Crippen LogP contribution < -0.4 is 4.74 Å². The van der Waals surface area contributed by atoms with E-state index in [0.29, 0.717) is 17.7 Å². The van der Waals surface area contributed by atoms with Gasteiger partial charge in [-0.3, -0.25) is 0 Å². The summed E-state index contributed by atoms with van der Waals surface area (Å²) in [5.74, 6) is -0.680. The van der Waals surface area contributed by atoms with Crippen LogP contribution in [0.5, 0.6) is 5.75 Å². The van der Waals surface area contributed by atoms with Gasteiger partial charge in [0.2, 0.25) is 0 Å². The fourth-order valence-corrected chi connectivity index (χ4v) is 3.14. The maximum Gasteiger partial charge on any atom is 0.396 e. The quantitative estimate of drug-likeness (QED) is 0.386. The van der Waals surface area contributed by atoms with Crippen molar-refractivity contribution >= 4 is 12.2 Å². The maximum absolute atomic E-state index is 13.5. The molecule has 4 heteroatoms. The summed E-state index contributed by atoms with van der Waals surface area (Å²) in [6.45, 7) is 2.56. The summed E-state index contributed by atoms with van der Waals surface area (Å²) < 4.78 is 46.0. The molecule has 1 atom stereocenters. The lowest BCUT2D eigenvalue weighted by atomic mass is 9.91. The van der Waals surface area contributed by atoms with E-state index in [0.717, 1.165) is 16.9 Å². The predicted octanol–water partition coefficient (Wildman–Crippen LogP) is 7.14. The van der Waals surface area contributed by atoms with Crippen molar-refractivity contribution in [1.29, 1.82) is 0 Å². The second kappa shape index (κ2) is 9.46. The molecule has 0 aliphatic rings. The average Bonchev–Trinajstić information content (AvgIpc) is 2.72. The van der Waals surface area contributed by atoms with E-state index in [9.17, 15) is 13.2 Å². The Morgan fingerprint density at radius 3 is 1.86 bits per heavy atom. The van der Waals surface area contributed by atoms with Gasteiger partial charge in [-0.05, 0) is 47.7 Å². The van der Waals surface area contributed by atoms with Crippen molar-refractivity contribution in [3.8, 4) is 5.75 Å². The monoisotopic (exact) mass is 396 g/mol. The Morgan fingerprint density at radius 2 is 1.34 bits per heavy atom. The van der Waals surface area contributed by atoms with Crippen molar-refractivity contribution in [1.82, 2.24) is 0 Å². The van der Waals surface area contributed by atoms with Gasteiger partial charge < -0.3 is 4.74 Å². The van der Waals surface area contributed by atoms with Crippen LogP contribution in [0, 0.1) is 0 Å². The van der Waals surface area contributed by atoms with E-state index in [-0.39, 0.29) is 6.42 Å². The first-order valence-corrected chi connectivity index (χ1v) is 9.57. The number of rotatable bonds is 7. The lowest BCUT2D eigenvalue weighted by Gasteiger charge is -2.21. The summed E-state index contributed by atoms with van der Waals surface area (Å²) in [4.78, 5) is 0. The van der Waals surface area contributed by atoms with Crippen molar-refractivity contribution in [2.75, 3.05) is 6.61 Å². The van der Waals surface area contributed by atoms with E-state index < -0.39 is 12.1 Å². The molecule has 0 aliphatic carbocycles. The smallest absolute Gasteiger partial charge is 0.396 e. The molecule has 0 radical (unpaired) electrons. The van der Waals surface area contributed by atoms with Crippen molar-refractivity contribution in [3.05, 3.63) is 101 Å². The summed E-state index contributed by atoms with van der Waals surface area (Å²) in [5, 5.41) is 0. The van der Waals surface area contributed by atoms with Gasteiger partial charge >= 0.3 is 6.18 Å². The largest absolute Gasteiger partial charge is 0.494 e. The van der Waals surface area contributed by atoms with E-state index in [4.69, 9.17) is 4.74 Å². The zero-order valence-corrected chi connectivity index (χ0v) is 16.2. The molecule has 0 amide bonds. The molecule has 0 saturated carbocycles. The molecule has 0 bridgehead atoms. The summed E-state index contributed by atoms with van der Waals surface area (Å²) in [6.07, 6.45) is -0.449. The van der Waals surface area contributed by atoms with Crippen LogP contribution in [0.15, 0.2) is 78.9 Å². The molecule has 0 spiro atoms. The van der Waals surface area contributed by atoms with Crippen molar-refractivity contribution in [2.45, 2.75) is 25.4 Å². The third kappa shape index (κ3) is 5.98. The fraction of sp³-hybridized carbons (Fsp3) is 0.200. The molecular formula is C25H23F3O. The molecule has 1 unspecified atom stereocenters. The summed E-state index contributed by atoms with van der Waals surface area (Å²) in [7, 11) is 0. The number of ether oxygens (including phenoxy) is 1. The molecule has 3 rings (SSSR count). The van der Waals surface area contributed by atoms with Crippen LogP contribution in [0.3, 0.4) is 0 Å². The highest BCUT2D eigenvalue weighted by molar-refractivity contribution is 5.69. The van der Waals surface area contributed by atoms with Gasteiger partial charge in [-0.15, -0.1) is 0 Å². The van der Waals surface area contributed by atoms with Gasteiger partial charge in [0.15, 0.2) is 0 Å². The van der Waals surface area contributed by atoms with Crippen molar-refractivity contribution in [3.63, 3.8) is 0 Å². The predicted molar refractivity (Wildman–Crippen MR) is 112 cm³/mol. The van der Waals surface area contributed by atoms with Gasteiger partial charge in [0, 0.05) is 0 Å². The third-order valence-electron chi connectivity index (χ3n) is 4.68. The van der Waals surface area contributed by atoms with Crippen molar-refractivity contribution < 1.29 is 17.9 Å². The Balaban J connectivity index is 1.69. The Bertz CT molecular complexity index is 911. The molecular weight excluding hydrogens is 373 g/mol. The molecule has 0 aromatic heterocycles. The summed E-state index contributed by atoms with van der Waals surface area (Å²) in [5.41, 5.74) is 2.92. The van der Waals surface area contributed by atoms with Gasteiger partial charge in [-0.2, -0.15) is 13.2 Å². The van der Waals surface area contributed by atoms with Gasteiger partial charge in [0.05, 0.1) is 12.5 Å². The van der Waals surface area contributed by atoms with Crippen LogP contribution in [0.2, 0.25) is 0 Å². The standard InChI is InChI=1S/C25H23F3O/c1-2-29-23-16-14-20(15-17-23)9-8-19-10-12-21(13-11-19)18-24(25(26,27)28)22-6-4-3-5-7-22/h3-17,24H,2,18H2,1H3/b9-8+. The minimum Gasteiger partial charge on any atom is -0.494 e. The molecule has 1 nitrogen and oxygen atoms in total. The van der Waals surface area contributed by atoms with Gasteiger partial charge in [0.25, 0.3) is 0 Å². The van der Waals surface area contributed by atoms with Gasteiger partial charge in [0.1, 0.15) is 5.75 Å². The third-order valence-corrected chi connectivity index (χ3v) is 4.68. The SMILES string of the molecule is CCOc1ccc(/C=C/c2ccc(CC(c3ccccc3)C(F)(F)F)cc2)cc1. The van der Waals surface area contributed by atoms with Crippen LogP contribution in [-0.2, 0) is 6.42 Å². The minimum absolute atomic E-state index is 0.0730. The first kappa shape index (κ1) is 20.7. The van der Waals surface area contributed by atoms with E-state index in [1.807, 2.05) is 55.5 Å². The Labute approximate surface area is 169 Å². The number of hydrogen-bond acceptors (Lipinski definition) is 1. The zero-order valence-electron chi connectivity index (χ0n) is 16.2. The van der Waals surface area contributed by atoms with Crippen LogP contribution in [0.25, 0.3) is 12.2 Å². The minimum atomic E-state index is -4.28. The number of halogens is 3. The van der Waals surface area contributed by atoms with Crippen molar-refractivity contribution in [2.24, 2.45) is 0 Å². The topological polar surface area (TPSA) is 9.23 Å². The van der Waals surface area contributed by atoms with Crippen LogP contribution in [0.4, 0.5) is 13.2 Å². The zero-order chi connectivity index (χ0) is 20.7. The van der Waals surface area contributed by atoms with Crippen LogP contribution >= 0.6 is 0 Å². The van der Waals surface area contributed by atoms with E-state index in [1.165, 1.54) is 12.1 Å². The lowest BCUT2D eigenvalue weighted by Crippen LogP contribution is -2.22. The molecule has 150 valence electrons. The molecule has 3 aromatic carbocycles. The fourth-order valence-electron chi connectivity index (χ4n) is 3.14. The molecule has 0 heterocycles. The van der Waals surface area contributed by atoms with Crippen LogP contribution in [-0.4, -0.2) is 12.8 Å². The molecule has 29 heavy (non-hydrogen) atoms. The van der Waals surface area contributed by atoms with E-state index in [1.54, 1.807) is 30.3 Å². The average molecular weight is 396 g/mol. The summed E-state index contributed by atoms with van der Waals surface area (Å²) in [6, 6.07) is 23.0. The number of benzene rings is 3. The normalized spacial score (nSPS) is 12.8. The molecule has 0 N–H and O–H groups in total. The molecule has 0 fully saturated rings. The number of alkyl halides is 3. The highest BCUT2D eigenvalue weighted by Crippen LogP contribution is 2.37. The second-order valence-corrected chi connectivity index (χ2v) is 6.79. The highest BCUT2D eigenvalue weighted by atomic mass is 19.4. The van der Waals surface area contributed by atoms with Gasteiger partial charge in [-0.1, -0.05) is 78.9 Å². The number of hydrogen-bond donors (Lipinski definition) is 0. The molecule has 3 aromatic rings. The maximum atomic E-state index is 13.5. The first-order chi connectivity index (χ1) is 14.0. The Morgan fingerprint density at radius 1 is 0.793 bits per heavy atom. The van der Waals surface area contributed by atoms with Gasteiger partial charge in [-0.25, -0.2) is 0 Å². The van der Waals surface area contributed by atoms with E-state index >= 15 is 0 Å². The summed E-state index contributed by atoms with van der Waals surface area (Å²) >= 11 is 0. The Kier molecular flexibility index (Phi) is 6.76. The lowest BCUT2D eigenvalue weighted by molar-refractivity contribution is -0.150. The molecule has 0 saturated heterocycles. The first-order valence-electron chi connectivity index (χ1n) is 9.57. The highest BCUT2D eigenvalue weighted by Gasteiger charge is 2.40.